The second-order valence-corrected chi connectivity index (χ2v) is 6.51. The van der Waals surface area contributed by atoms with Gasteiger partial charge >= 0.3 is 5.97 Å². The van der Waals surface area contributed by atoms with Gasteiger partial charge in [-0.25, -0.2) is 4.79 Å². The Morgan fingerprint density at radius 1 is 1.19 bits per heavy atom. The fourth-order valence-corrected chi connectivity index (χ4v) is 2.64. The highest BCUT2D eigenvalue weighted by Crippen LogP contribution is 2.29. The Morgan fingerprint density at radius 2 is 1.89 bits per heavy atom. The summed E-state index contributed by atoms with van der Waals surface area (Å²) in [6.45, 7) is 2.28. The molecule has 2 N–H and O–H groups in total. The molecule has 7 heteroatoms. The molecule has 2 aromatic carbocycles. The number of methoxy groups -OCH3 is 1. The average molecular weight is 392 g/mol. The van der Waals surface area contributed by atoms with Crippen LogP contribution in [0.25, 0.3) is 0 Å². The lowest BCUT2D eigenvalue weighted by Gasteiger charge is -2.17. The summed E-state index contributed by atoms with van der Waals surface area (Å²) in [6, 6.07) is 11.5. The van der Waals surface area contributed by atoms with Gasteiger partial charge in [0.15, 0.2) is 0 Å². The number of carbonyl (C=O) groups is 2. The van der Waals surface area contributed by atoms with Crippen molar-refractivity contribution in [1.29, 1.82) is 0 Å². The number of anilines is 1. The number of amides is 1. The van der Waals surface area contributed by atoms with Crippen LogP contribution in [-0.2, 0) is 16.0 Å². The number of carboxylic acid groups (broad SMARTS) is 1. The molecule has 0 aliphatic carbocycles. The molecule has 0 aromatic heterocycles. The van der Waals surface area contributed by atoms with Crippen molar-refractivity contribution in [1.82, 2.24) is 0 Å². The number of ether oxygens (including phenoxy) is 2. The van der Waals surface area contributed by atoms with Gasteiger partial charge in [-0.2, -0.15) is 0 Å². The van der Waals surface area contributed by atoms with Crippen LogP contribution in [0.1, 0.15) is 29.3 Å². The summed E-state index contributed by atoms with van der Waals surface area (Å²) in [7, 11) is 1.59. The number of carbonyl (C=O) groups excluding carboxylic acids is 1. The Morgan fingerprint density at radius 3 is 2.52 bits per heavy atom. The number of halogens is 1. The van der Waals surface area contributed by atoms with Gasteiger partial charge in [0.2, 0.25) is 5.91 Å². The van der Waals surface area contributed by atoms with Crippen LogP contribution in [0.5, 0.6) is 5.75 Å². The molecule has 0 heterocycles. The Kier molecular flexibility index (Phi) is 7.64. The van der Waals surface area contributed by atoms with Crippen LogP contribution < -0.4 is 10.1 Å². The van der Waals surface area contributed by atoms with E-state index in [2.05, 4.69) is 5.32 Å². The lowest BCUT2D eigenvalue weighted by molar-refractivity contribution is -0.116. The molecule has 27 heavy (non-hydrogen) atoms. The van der Waals surface area contributed by atoms with Crippen molar-refractivity contribution >= 4 is 29.2 Å². The quantitative estimate of drug-likeness (QED) is 0.674. The van der Waals surface area contributed by atoms with Gasteiger partial charge in [0.1, 0.15) is 11.9 Å². The molecule has 0 aliphatic heterocycles. The number of carboxylic acids is 1. The van der Waals surface area contributed by atoms with E-state index in [0.29, 0.717) is 29.5 Å². The molecule has 6 nitrogen and oxygen atoms in total. The highest BCUT2D eigenvalue weighted by molar-refractivity contribution is 6.31. The maximum atomic E-state index is 12.3. The Bertz CT molecular complexity index is 791. The van der Waals surface area contributed by atoms with E-state index in [-0.39, 0.29) is 24.0 Å². The van der Waals surface area contributed by atoms with Crippen molar-refractivity contribution in [2.75, 3.05) is 19.0 Å². The van der Waals surface area contributed by atoms with Crippen molar-refractivity contribution in [2.45, 2.75) is 25.9 Å². The zero-order valence-corrected chi connectivity index (χ0v) is 16.0. The zero-order valence-electron chi connectivity index (χ0n) is 15.2. The third kappa shape index (κ3) is 6.58. The van der Waals surface area contributed by atoms with Crippen LogP contribution in [0.4, 0.5) is 5.69 Å². The number of aryl methyl sites for hydroxylation is 1. The summed E-state index contributed by atoms with van der Waals surface area (Å²) in [6.07, 6.45) is 0.550. The minimum atomic E-state index is -0.976. The van der Waals surface area contributed by atoms with E-state index < -0.39 is 5.97 Å². The first-order valence-corrected chi connectivity index (χ1v) is 8.84. The van der Waals surface area contributed by atoms with Gasteiger partial charge in [0.25, 0.3) is 0 Å². The second-order valence-electron chi connectivity index (χ2n) is 6.07. The molecule has 0 aliphatic rings. The predicted molar refractivity (Wildman–Crippen MR) is 104 cm³/mol. The SMILES string of the molecule is COCC(C)Oc1ccc(Cl)cc1NC(=O)CCc1ccc(C(=O)O)cc1. The first-order valence-electron chi connectivity index (χ1n) is 8.46. The van der Waals surface area contributed by atoms with Crippen LogP contribution in [0.2, 0.25) is 5.02 Å². The first-order chi connectivity index (χ1) is 12.9. The number of rotatable bonds is 9. The van der Waals surface area contributed by atoms with E-state index in [9.17, 15) is 9.59 Å². The molecular weight excluding hydrogens is 370 g/mol. The van der Waals surface area contributed by atoms with E-state index in [1.807, 2.05) is 6.92 Å². The van der Waals surface area contributed by atoms with E-state index in [0.717, 1.165) is 5.56 Å². The molecule has 0 saturated heterocycles. The minimum Gasteiger partial charge on any atom is -0.486 e. The first kappa shape index (κ1) is 20.7. The number of hydrogen-bond donors (Lipinski definition) is 2. The van der Waals surface area contributed by atoms with E-state index in [1.54, 1.807) is 37.4 Å². The molecule has 144 valence electrons. The summed E-state index contributed by atoms with van der Waals surface area (Å²) >= 11 is 6.03. The fraction of sp³-hybridized carbons (Fsp3) is 0.300. The standard InChI is InChI=1S/C20H22ClNO5/c1-13(12-26-2)27-18-9-8-16(21)11-17(18)22-19(23)10-5-14-3-6-15(7-4-14)20(24)25/h3-4,6-9,11,13H,5,10,12H2,1-2H3,(H,22,23)(H,24,25). The van der Waals surface area contributed by atoms with Crippen molar-refractivity contribution < 1.29 is 24.2 Å². The summed E-state index contributed by atoms with van der Waals surface area (Å²) in [5.41, 5.74) is 1.59. The van der Waals surface area contributed by atoms with Gasteiger partial charge in [0, 0.05) is 18.6 Å². The lowest BCUT2D eigenvalue weighted by Crippen LogP contribution is -2.20. The maximum Gasteiger partial charge on any atom is 0.335 e. The molecule has 1 amide bonds. The van der Waals surface area contributed by atoms with Gasteiger partial charge in [-0.3, -0.25) is 4.79 Å². The van der Waals surface area contributed by atoms with E-state index >= 15 is 0 Å². The minimum absolute atomic E-state index is 0.181. The fourth-order valence-electron chi connectivity index (χ4n) is 2.47. The summed E-state index contributed by atoms with van der Waals surface area (Å²) in [4.78, 5) is 23.2. The van der Waals surface area contributed by atoms with Gasteiger partial charge in [0.05, 0.1) is 17.9 Å². The number of hydrogen-bond acceptors (Lipinski definition) is 4. The van der Waals surface area contributed by atoms with Gasteiger partial charge in [-0.05, 0) is 49.2 Å². The van der Waals surface area contributed by atoms with Crippen LogP contribution in [0.15, 0.2) is 42.5 Å². The number of nitrogens with one attached hydrogen (secondary N) is 1. The third-order valence-corrected chi connectivity index (χ3v) is 4.02. The van der Waals surface area contributed by atoms with Gasteiger partial charge in [-0.1, -0.05) is 23.7 Å². The van der Waals surface area contributed by atoms with Crippen LogP contribution >= 0.6 is 11.6 Å². The highest BCUT2D eigenvalue weighted by Gasteiger charge is 2.12. The smallest absolute Gasteiger partial charge is 0.335 e. The summed E-state index contributed by atoms with van der Waals surface area (Å²) < 4.78 is 10.8. The maximum absolute atomic E-state index is 12.3. The third-order valence-electron chi connectivity index (χ3n) is 3.79. The van der Waals surface area contributed by atoms with Crippen LogP contribution in [-0.4, -0.2) is 36.8 Å². The molecule has 0 fully saturated rings. The van der Waals surface area contributed by atoms with Crippen molar-refractivity contribution in [3.05, 3.63) is 58.6 Å². The molecular formula is C20H22ClNO5. The molecule has 0 spiro atoms. The summed E-state index contributed by atoms with van der Waals surface area (Å²) in [5.74, 6) is -0.651. The van der Waals surface area contributed by atoms with Gasteiger partial charge in [-0.15, -0.1) is 0 Å². The molecule has 1 atom stereocenters. The molecule has 1 unspecified atom stereocenters. The highest BCUT2D eigenvalue weighted by atomic mass is 35.5. The topological polar surface area (TPSA) is 84.9 Å². The molecule has 0 bridgehead atoms. The lowest BCUT2D eigenvalue weighted by atomic mass is 10.1. The predicted octanol–water partition coefficient (Wildman–Crippen LogP) is 4.02. The molecule has 2 aromatic rings. The number of aromatic carboxylic acids is 1. The summed E-state index contributed by atoms with van der Waals surface area (Å²) in [5, 5.41) is 12.2. The largest absolute Gasteiger partial charge is 0.486 e. The van der Waals surface area contributed by atoms with Crippen molar-refractivity contribution in [3.8, 4) is 5.75 Å². The number of benzene rings is 2. The van der Waals surface area contributed by atoms with Crippen LogP contribution in [0.3, 0.4) is 0 Å². The van der Waals surface area contributed by atoms with Crippen molar-refractivity contribution in [3.63, 3.8) is 0 Å². The van der Waals surface area contributed by atoms with E-state index in [1.165, 1.54) is 12.1 Å². The molecule has 0 radical (unpaired) electrons. The van der Waals surface area contributed by atoms with Crippen LogP contribution in [0, 0.1) is 0 Å². The van der Waals surface area contributed by atoms with E-state index in [4.69, 9.17) is 26.2 Å². The van der Waals surface area contributed by atoms with Crippen molar-refractivity contribution in [2.24, 2.45) is 0 Å². The monoisotopic (exact) mass is 391 g/mol. The average Bonchev–Trinajstić information content (AvgIpc) is 2.63. The second kappa shape index (κ2) is 9.94. The Balaban J connectivity index is 1.98. The Hall–Kier alpha value is -2.57. The normalized spacial score (nSPS) is 11.7. The Labute approximate surface area is 163 Å². The molecule has 0 saturated carbocycles. The van der Waals surface area contributed by atoms with Gasteiger partial charge < -0.3 is 19.9 Å². The molecule has 2 rings (SSSR count). The zero-order chi connectivity index (χ0) is 19.8.